The predicted molar refractivity (Wildman–Crippen MR) is 152 cm³/mol. The number of imidazole rings is 1. The number of aromatic hydroxyl groups is 1. The van der Waals surface area contributed by atoms with Crippen LogP contribution in [0.4, 0.5) is 0 Å². The first-order valence-corrected chi connectivity index (χ1v) is 13.3. The molecule has 5 rings (SSSR count). The number of rotatable bonds is 12. The van der Waals surface area contributed by atoms with Crippen molar-refractivity contribution in [3.63, 3.8) is 0 Å². The molecule has 194 valence electrons. The number of nitrogens with two attached hydrogens (primary N) is 1. The number of hydrogen-bond acceptors (Lipinski definition) is 5. The number of fused-ring (bicyclic) bond motifs is 1. The van der Waals surface area contributed by atoms with Crippen LogP contribution in [0.3, 0.4) is 0 Å². The van der Waals surface area contributed by atoms with Crippen molar-refractivity contribution in [3.05, 3.63) is 114 Å². The van der Waals surface area contributed by atoms with Gasteiger partial charge in [-0.2, -0.15) is 0 Å². The van der Waals surface area contributed by atoms with E-state index in [1.807, 2.05) is 79.0 Å². The van der Waals surface area contributed by atoms with Crippen molar-refractivity contribution in [2.45, 2.75) is 38.5 Å². The second-order valence-corrected chi connectivity index (χ2v) is 9.55. The number of benzene rings is 3. The van der Waals surface area contributed by atoms with Crippen molar-refractivity contribution < 1.29 is 9.84 Å². The molecule has 5 aromatic rings. The zero-order chi connectivity index (χ0) is 26.2. The first-order valence-electron chi connectivity index (χ1n) is 13.3. The summed E-state index contributed by atoms with van der Waals surface area (Å²) in [6.45, 7) is 1.43. The second kappa shape index (κ2) is 12.4. The van der Waals surface area contributed by atoms with Gasteiger partial charge in [-0.15, -0.1) is 0 Å². The van der Waals surface area contributed by atoms with Crippen molar-refractivity contribution >= 4 is 5.65 Å². The summed E-state index contributed by atoms with van der Waals surface area (Å²) in [5, 5.41) is 11.3. The maximum Gasteiger partial charge on any atom is 0.219 e. The highest BCUT2D eigenvalue weighted by molar-refractivity contribution is 5.63. The summed E-state index contributed by atoms with van der Waals surface area (Å²) in [5.74, 6) is 0.975. The number of ether oxygens (including phenoxy) is 1. The molecule has 0 saturated heterocycles. The zero-order valence-electron chi connectivity index (χ0n) is 21.6. The summed E-state index contributed by atoms with van der Waals surface area (Å²) in [6, 6.07) is 28.3. The summed E-state index contributed by atoms with van der Waals surface area (Å²) >= 11 is 0. The minimum absolute atomic E-state index is 0.139. The number of nitrogens with zero attached hydrogens (tertiary/aromatic N) is 3. The van der Waals surface area contributed by atoms with Gasteiger partial charge in [-0.05, 0) is 42.6 Å². The number of hydrogen-bond donors (Lipinski definition) is 2. The van der Waals surface area contributed by atoms with Crippen molar-refractivity contribution in [2.75, 3.05) is 13.2 Å². The van der Waals surface area contributed by atoms with E-state index in [9.17, 15) is 5.11 Å². The van der Waals surface area contributed by atoms with E-state index >= 15 is 0 Å². The van der Waals surface area contributed by atoms with E-state index < -0.39 is 0 Å². The van der Waals surface area contributed by atoms with E-state index in [4.69, 9.17) is 20.4 Å². The van der Waals surface area contributed by atoms with Crippen LogP contribution >= 0.6 is 0 Å². The van der Waals surface area contributed by atoms with Gasteiger partial charge in [0.05, 0.1) is 18.0 Å². The fourth-order valence-corrected chi connectivity index (χ4v) is 4.65. The lowest BCUT2D eigenvalue weighted by Crippen LogP contribution is -2.01. The molecule has 0 aliphatic rings. The Morgan fingerprint density at radius 3 is 2.24 bits per heavy atom. The first-order chi connectivity index (χ1) is 18.7. The van der Waals surface area contributed by atoms with Crippen LogP contribution in [0.5, 0.6) is 11.6 Å². The fraction of sp³-hybridized carbons (Fsp3) is 0.250. The third-order valence-corrected chi connectivity index (χ3v) is 6.64. The number of aromatic nitrogens is 3. The van der Waals surface area contributed by atoms with Gasteiger partial charge in [0.1, 0.15) is 11.4 Å². The van der Waals surface area contributed by atoms with Gasteiger partial charge >= 0.3 is 0 Å². The van der Waals surface area contributed by atoms with Crippen molar-refractivity contribution in [3.8, 4) is 22.9 Å². The van der Waals surface area contributed by atoms with Gasteiger partial charge in [-0.1, -0.05) is 85.6 Å². The van der Waals surface area contributed by atoms with Gasteiger partial charge in [0.2, 0.25) is 5.88 Å². The van der Waals surface area contributed by atoms with Crippen LogP contribution in [-0.2, 0) is 12.8 Å². The molecule has 38 heavy (non-hydrogen) atoms. The van der Waals surface area contributed by atoms with Crippen LogP contribution in [0.2, 0.25) is 0 Å². The highest BCUT2D eigenvalue weighted by atomic mass is 16.5. The van der Waals surface area contributed by atoms with Crippen LogP contribution in [-0.4, -0.2) is 32.6 Å². The van der Waals surface area contributed by atoms with Gasteiger partial charge in [-0.25, -0.2) is 9.97 Å². The molecule has 0 spiro atoms. The topological polar surface area (TPSA) is 85.7 Å². The molecular formula is C32H34N4O2. The molecule has 0 radical (unpaired) electrons. The summed E-state index contributed by atoms with van der Waals surface area (Å²) in [5.41, 5.74) is 11.6. The van der Waals surface area contributed by atoms with Crippen LogP contribution in [0, 0.1) is 0 Å². The highest BCUT2D eigenvalue weighted by Crippen LogP contribution is 2.29. The Morgan fingerprint density at radius 1 is 0.737 bits per heavy atom. The minimum Gasteiger partial charge on any atom is -0.494 e. The Bertz CT molecular complexity index is 1470. The maximum atomic E-state index is 11.3. The molecule has 6 heteroatoms. The lowest BCUT2D eigenvalue weighted by Gasteiger charge is -2.08. The lowest BCUT2D eigenvalue weighted by atomic mass is 10.1. The van der Waals surface area contributed by atoms with Crippen molar-refractivity contribution in [1.82, 2.24) is 14.4 Å². The van der Waals surface area contributed by atoms with Gasteiger partial charge in [-0.3, -0.25) is 4.40 Å². The summed E-state index contributed by atoms with van der Waals surface area (Å²) < 4.78 is 7.74. The molecule has 0 aliphatic heterocycles. The molecule has 0 aliphatic carbocycles. The minimum atomic E-state index is 0.139. The molecule has 0 fully saturated rings. The van der Waals surface area contributed by atoms with Gasteiger partial charge in [0, 0.05) is 24.6 Å². The Labute approximate surface area is 223 Å². The fourth-order valence-electron chi connectivity index (χ4n) is 4.65. The molecule has 6 nitrogen and oxygen atoms in total. The van der Waals surface area contributed by atoms with E-state index in [-0.39, 0.29) is 5.88 Å². The van der Waals surface area contributed by atoms with E-state index in [1.54, 1.807) is 4.40 Å². The van der Waals surface area contributed by atoms with Crippen molar-refractivity contribution in [1.29, 1.82) is 0 Å². The smallest absolute Gasteiger partial charge is 0.219 e. The van der Waals surface area contributed by atoms with Gasteiger partial charge < -0.3 is 15.6 Å². The molecular weight excluding hydrogens is 472 g/mol. The third-order valence-electron chi connectivity index (χ3n) is 6.64. The van der Waals surface area contributed by atoms with E-state index in [2.05, 4.69) is 12.1 Å². The van der Waals surface area contributed by atoms with Gasteiger partial charge in [0.15, 0.2) is 5.65 Å². The summed E-state index contributed by atoms with van der Waals surface area (Å²) in [4.78, 5) is 9.85. The first kappa shape index (κ1) is 25.5. The maximum absolute atomic E-state index is 11.3. The number of unbranched alkanes of at least 4 members (excludes halogenated alkanes) is 3. The summed E-state index contributed by atoms with van der Waals surface area (Å²) in [6.07, 6.45) is 7.32. The van der Waals surface area contributed by atoms with E-state index in [0.717, 1.165) is 66.1 Å². The van der Waals surface area contributed by atoms with Crippen molar-refractivity contribution in [2.24, 2.45) is 5.73 Å². The predicted octanol–water partition coefficient (Wildman–Crippen LogP) is 6.18. The Balaban J connectivity index is 1.42. The average molecular weight is 507 g/mol. The van der Waals surface area contributed by atoms with Crippen LogP contribution < -0.4 is 10.5 Å². The Hall–Kier alpha value is -4.16. The van der Waals surface area contributed by atoms with Crippen LogP contribution in [0.15, 0.2) is 91.1 Å². The molecule has 2 heterocycles. The zero-order valence-corrected chi connectivity index (χ0v) is 21.6. The lowest BCUT2D eigenvalue weighted by molar-refractivity contribution is 0.304. The van der Waals surface area contributed by atoms with E-state index in [0.29, 0.717) is 30.8 Å². The molecule has 0 bridgehead atoms. The van der Waals surface area contributed by atoms with Crippen LogP contribution in [0.25, 0.3) is 16.9 Å². The quantitative estimate of drug-likeness (QED) is 0.197. The largest absolute Gasteiger partial charge is 0.494 e. The molecule has 0 saturated carbocycles. The molecule has 2 aromatic heterocycles. The Kier molecular flexibility index (Phi) is 8.31. The summed E-state index contributed by atoms with van der Waals surface area (Å²) in [7, 11) is 0. The third kappa shape index (κ3) is 6.21. The van der Waals surface area contributed by atoms with E-state index in [1.165, 1.54) is 0 Å². The average Bonchev–Trinajstić information content (AvgIpc) is 3.27. The monoisotopic (exact) mass is 506 g/mol. The van der Waals surface area contributed by atoms with Gasteiger partial charge in [0.25, 0.3) is 0 Å². The molecule has 0 atom stereocenters. The molecule has 3 N–H and O–H groups in total. The SMILES string of the molecule is NCCCCCCOc1cccc(Cc2nc3c(Cc4ccccc4)nc(-c4ccccc4)cn3c2O)c1. The molecule has 0 amide bonds. The standard InChI is InChI=1S/C32H34N4O2/c33-18-9-1-2-10-19-38-27-17-11-14-25(20-27)22-29-32(37)36-23-30(26-15-7-4-8-16-26)34-28(31(36)35-29)21-24-12-5-3-6-13-24/h3-8,11-17,20,23,37H,1-2,9-10,18-19,21-22,33H2. The molecule has 0 unspecified atom stereocenters. The normalized spacial score (nSPS) is 11.2. The second-order valence-electron chi connectivity index (χ2n) is 9.55. The molecule has 3 aromatic carbocycles. The highest BCUT2D eigenvalue weighted by Gasteiger charge is 2.18. The van der Waals surface area contributed by atoms with Crippen LogP contribution in [0.1, 0.15) is 48.2 Å². The Morgan fingerprint density at radius 2 is 1.45 bits per heavy atom.